The van der Waals surface area contributed by atoms with Crippen molar-refractivity contribution in [2.24, 2.45) is 5.92 Å². The Morgan fingerprint density at radius 2 is 1.69 bits per heavy atom. The van der Waals surface area contributed by atoms with Crippen LogP contribution in [0.1, 0.15) is 62.5 Å². The first-order valence-corrected chi connectivity index (χ1v) is 23.6. The van der Waals surface area contributed by atoms with Crippen molar-refractivity contribution in [1.82, 2.24) is 15.0 Å². The molecule has 8 unspecified atom stereocenters. The Hall–Kier alpha value is -6.33. The molecule has 1 saturated carbocycles. The zero-order chi connectivity index (χ0) is 50.6. The molecular weight excluding hydrogens is 927 g/mol. The molecule has 11 N–H and O–H groups in total. The van der Waals surface area contributed by atoms with Gasteiger partial charge in [0, 0.05) is 48.9 Å². The summed E-state index contributed by atoms with van der Waals surface area (Å²) in [6, 6.07) is 17.3. The number of hydrogen-bond acceptors (Lipinski definition) is 17. The molecule has 1 aliphatic heterocycles. The predicted octanol–water partition coefficient (Wildman–Crippen LogP) is 2.98. The number of carboxylic acids is 1. The first-order valence-electron chi connectivity index (χ1n) is 23.6. The van der Waals surface area contributed by atoms with Gasteiger partial charge in [-0.2, -0.15) is 4.73 Å². The van der Waals surface area contributed by atoms with E-state index in [-0.39, 0.29) is 34.6 Å². The molecule has 2 aliphatic rings. The molecule has 0 amide bonds. The number of nitrogens with one attached hydrogen (secondary N) is 2. The van der Waals surface area contributed by atoms with Crippen molar-refractivity contribution in [2.75, 3.05) is 19.8 Å². The van der Waals surface area contributed by atoms with Crippen LogP contribution in [-0.2, 0) is 25.5 Å². The van der Waals surface area contributed by atoms with Gasteiger partial charge >= 0.3 is 11.9 Å². The molecular formula is C51H59N3O17. The maximum absolute atomic E-state index is 14.0. The maximum Gasteiger partial charge on any atom is 0.327 e. The van der Waals surface area contributed by atoms with Gasteiger partial charge in [0.15, 0.2) is 17.5 Å². The van der Waals surface area contributed by atoms with Crippen LogP contribution in [0.15, 0.2) is 94.6 Å². The zero-order valence-corrected chi connectivity index (χ0v) is 38.8. The summed E-state index contributed by atoms with van der Waals surface area (Å²) in [5.41, 5.74) is 1.36. The number of aromatic nitrogens is 2. The van der Waals surface area contributed by atoms with E-state index in [2.05, 4.69) is 10.3 Å². The van der Waals surface area contributed by atoms with Gasteiger partial charge in [-0.15, -0.1) is 0 Å². The number of fused-ring (bicyclic) bond motifs is 2. The second kappa shape index (κ2) is 21.6. The van der Waals surface area contributed by atoms with Gasteiger partial charge < -0.3 is 74.4 Å². The largest absolute Gasteiger partial charge is 0.508 e. The Morgan fingerprint density at radius 3 is 2.39 bits per heavy atom. The number of hydrogen-bond donors (Lipinski definition) is 11. The number of aliphatic hydroxyl groups is 7. The van der Waals surface area contributed by atoms with E-state index in [1.807, 2.05) is 25.1 Å². The molecule has 4 heterocycles. The lowest BCUT2D eigenvalue weighted by atomic mass is 9.88. The van der Waals surface area contributed by atoms with Crippen LogP contribution in [0, 0.1) is 12.8 Å². The summed E-state index contributed by atoms with van der Waals surface area (Å²) < 4.78 is 25.0. The van der Waals surface area contributed by atoms with Crippen LogP contribution in [0.3, 0.4) is 0 Å². The third-order valence-corrected chi connectivity index (χ3v) is 13.2. The van der Waals surface area contributed by atoms with Crippen LogP contribution < -0.4 is 20.3 Å². The van der Waals surface area contributed by atoms with E-state index in [9.17, 15) is 60.3 Å². The number of rotatable bonds is 20. The third kappa shape index (κ3) is 10.8. The number of carboxylic acid groups (broad SMARTS) is 1. The Morgan fingerprint density at radius 1 is 0.930 bits per heavy atom. The minimum absolute atomic E-state index is 0.000430. The lowest BCUT2D eigenvalue weighted by Crippen LogP contribution is -2.70. The van der Waals surface area contributed by atoms with E-state index in [1.54, 1.807) is 30.6 Å². The highest BCUT2D eigenvalue weighted by Crippen LogP contribution is 2.37. The average molecular weight is 986 g/mol. The molecule has 0 radical (unpaired) electrons. The summed E-state index contributed by atoms with van der Waals surface area (Å²) in [5, 5.41) is 101. The molecule has 3 aromatic carbocycles. The van der Waals surface area contributed by atoms with Crippen molar-refractivity contribution < 1.29 is 79.0 Å². The molecule has 8 atom stereocenters. The molecule has 380 valence electrons. The number of carbonyl (C=O) groups excluding carboxylic acids is 1. The van der Waals surface area contributed by atoms with E-state index in [4.69, 9.17) is 23.5 Å². The van der Waals surface area contributed by atoms with Gasteiger partial charge in [0.05, 0.1) is 22.7 Å². The predicted molar refractivity (Wildman–Crippen MR) is 254 cm³/mol. The van der Waals surface area contributed by atoms with E-state index < -0.39 is 91.2 Å². The van der Waals surface area contributed by atoms with Crippen molar-refractivity contribution in [1.29, 1.82) is 0 Å². The van der Waals surface area contributed by atoms with Crippen molar-refractivity contribution in [2.45, 2.75) is 113 Å². The summed E-state index contributed by atoms with van der Waals surface area (Å²) in [6.07, 6.45) is -0.966. The lowest BCUT2D eigenvalue weighted by Gasteiger charge is -2.46. The van der Waals surface area contributed by atoms with Crippen LogP contribution in [0.2, 0.25) is 0 Å². The number of aliphatic hydroxyl groups excluding tert-OH is 5. The SMILES string of the molecule is Cc1cc(CCCCO)cc(-c2c3[nH]ccc3cn2OC2C(Oc3ccc4c(=O)c(-c5ccc(O)cc5)coc4c3)OC(C(O)(CO)OC(=O)C(C(=O)O)C(O)(CCO)NC3CCCCC3)C(O)C2O)c1. The average Bonchev–Trinajstić information content (AvgIpc) is 3.93. The Labute approximate surface area is 406 Å². The van der Waals surface area contributed by atoms with Gasteiger partial charge in [-0.3, -0.25) is 19.7 Å². The standard InChI is InChI=1S/C51H59N3O17/c1-28-21-29(7-5-6-19-55)23-32(22-28)41-40-31(16-18-52-40)25-54(41)71-45-43(60)44(61)46(51(66,27-57)70-48(64)39(47(62)63)50(65,17-20-56)53-33-8-3-2-4-9-33)69-49(45)68-35-14-15-36-38(24-35)67-26-37(42(36)59)30-10-12-34(58)13-11-30/h10-16,18,21-26,33,39,43-46,49,52-53,55-58,60-61,65-66H,2-9,17,19-20,27H2,1H3,(H,62,63). The van der Waals surface area contributed by atoms with Gasteiger partial charge in [-0.25, -0.2) is 0 Å². The number of H-pyrrole nitrogens is 1. The number of ether oxygens (including phenoxy) is 3. The topological polar surface area (TPSA) is 316 Å². The van der Waals surface area contributed by atoms with Crippen molar-refractivity contribution >= 4 is 33.8 Å². The second-order valence-corrected chi connectivity index (χ2v) is 18.3. The Bertz CT molecular complexity index is 2870. The summed E-state index contributed by atoms with van der Waals surface area (Å²) in [7, 11) is 0. The number of unbranched alkanes of at least 4 members (excludes halogenated alkanes) is 1. The van der Waals surface area contributed by atoms with Crippen LogP contribution in [-0.4, -0.2) is 136 Å². The van der Waals surface area contributed by atoms with Crippen molar-refractivity contribution in [3.63, 3.8) is 0 Å². The number of nitrogens with zero attached hydrogens (tertiary/aromatic N) is 1. The fraction of sp³-hybridized carbons (Fsp3) is 0.431. The van der Waals surface area contributed by atoms with Gasteiger partial charge in [0.2, 0.25) is 12.4 Å². The summed E-state index contributed by atoms with van der Waals surface area (Å²) in [5.74, 6) is -9.60. The third-order valence-electron chi connectivity index (χ3n) is 13.2. The number of aryl methyl sites for hydroxylation is 2. The summed E-state index contributed by atoms with van der Waals surface area (Å²) >= 11 is 0. The molecule has 20 heteroatoms. The van der Waals surface area contributed by atoms with E-state index in [0.717, 1.165) is 36.8 Å². The second-order valence-electron chi connectivity index (χ2n) is 18.3. The number of aromatic amines is 1. The maximum atomic E-state index is 14.0. The smallest absolute Gasteiger partial charge is 0.327 e. The fourth-order valence-corrected chi connectivity index (χ4v) is 9.62. The minimum atomic E-state index is -3.34. The monoisotopic (exact) mass is 985 g/mol. The number of phenols is 1. The van der Waals surface area contributed by atoms with Gasteiger partial charge in [0.1, 0.15) is 53.6 Å². The molecule has 6 aromatic rings. The molecule has 3 aromatic heterocycles. The molecule has 0 spiro atoms. The van der Waals surface area contributed by atoms with E-state index in [0.29, 0.717) is 53.4 Å². The molecule has 1 saturated heterocycles. The number of aliphatic carboxylic acids is 1. The molecule has 2 fully saturated rings. The zero-order valence-electron chi connectivity index (χ0n) is 38.8. The highest BCUT2D eigenvalue weighted by molar-refractivity contribution is 5.96. The van der Waals surface area contributed by atoms with Gasteiger partial charge in [-0.1, -0.05) is 43.0 Å². The van der Waals surface area contributed by atoms with Crippen molar-refractivity contribution in [3.05, 3.63) is 107 Å². The number of aromatic hydroxyl groups is 1. The highest BCUT2D eigenvalue weighted by atomic mass is 16.8. The van der Waals surface area contributed by atoms with Crippen LogP contribution in [0.25, 0.3) is 44.3 Å². The minimum Gasteiger partial charge on any atom is -0.508 e. The molecule has 20 nitrogen and oxygen atoms in total. The Kier molecular flexibility index (Phi) is 15.5. The van der Waals surface area contributed by atoms with Crippen LogP contribution in [0.4, 0.5) is 0 Å². The quantitative estimate of drug-likeness (QED) is 0.0227. The number of esters is 1. The molecule has 1 aliphatic carbocycles. The number of carbonyl (C=O) groups is 2. The van der Waals surface area contributed by atoms with Crippen LogP contribution >= 0.6 is 0 Å². The number of phenolic OH excluding ortho intramolecular Hbond substituents is 1. The van der Waals surface area contributed by atoms with Crippen LogP contribution in [0.5, 0.6) is 11.5 Å². The highest BCUT2D eigenvalue weighted by Gasteiger charge is 2.59. The molecule has 0 bridgehead atoms. The first-order chi connectivity index (χ1) is 34.1. The first kappa shape index (κ1) is 51.0. The Balaban J connectivity index is 1.16. The lowest BCUT2D eigenvalue weighted by molar-refractivity contribution is -0.356. The molecule has 71 heavy (non-hydrogen) atoms. The van der Waals surface area contributed by atoms with E-state index in [1.165, 1.54) is 41.3 Å². The van der Waals surface area contributed by atoms with Gasteiger partial charge in [0.25, 0.3) is 5.79 Å². The summed E-state index contributed by atoms with van der Waals surface area (Å²) in [4.78, 5) is 50.2. The summed E-state index contributed by atoms with van der Waals surface area (Å²) in [6.45, 7) is -0.341. The number of benzene rings is 3. The normalized spacial score (nSPS) is 21.9. The van der Waals surface area contributed by atoms with Gasteiger partial charge in [-0.05, 0) is 92.6 Å². The van der Waals surface area contributed by atoms with E-state index >= 15 is 0 Å². The molecule has 8 rings (SSSR count). The fourth-order valence-electron chi connectivity index (χ4n) is 9.62. The van der Waals surface area contributed by atoms with Crippen molar-refractivity contribution in [3.8, 4) is 33.9 Å².